The monoisotopic (exact) mass is 470 g/mol. The number of halogens is 5. The Kier molecular flexibility index (Phi) is 6.10. The van der Waals surface area contributed by atoms with Crippen molar-refractivity contribution in [2.75, 3.05) is 6.54 Å². The highest BCUT2D eigenvalue weighted by atomic mass is 19.4. The number of aromatic nitrogens is 6. The van der Waals surface area contributed by atoms with Crippen LogP contribution in [-0.4, -0.2) is 52.9 Å². The fourth-order valence-corrected chi connectivity index (χ4v) is 3.75. The molecule has 4 rings (SSSR count). The van der Waals surface area contributed by atoms with Crippen LogP contribution in [0.1, 0.15) is 29.7 Å². The minimum atomic E-state index is -4.73. The highest BCUT2D eigenvalue weighted by Gasteiger charge is 2.41. The zero-order valence-corrected chi connectivity index (χ0v) is 17.1. The summed E-state index contributed by atoms with van der Waals surface area (Å²) in [5.41, 5.74) is 6.48. The van der Waals surface area contributed by atoms with Gasteiger partial charge in [-0.3, -0.25) is 9.48 Å². The van der Waals surface area contributed by atoms with E-state index in [0.29, 0.717) is 5.56 Å². The molecule has 2 aromatic heterocycles. The molecule has 2 N–H and O–H groups in total. The zero-order valence-electron chi connectivity index (χ0n) is 17.1. The Morgan fingerprint density at radius 3 is 2.67 bits per heavy atom. The summed E-state index contributed by atoms with van der Waals surface area (Å²) in [6.07, 6.45) is -2.15. The molecule has 1 unspecified atom stereocenters. The predicted molar refractivity (Wildman–Crippen MR) is 102 cm³/mol. The second-order valence-corrected chi connectivity index (χ2v) is 7.65. The van der Waals surface area contributed by atoms with E-state index in [1.54, 1.807) is 0 Å². The molecule has 2 atom stereocenters. The normalized spacial score (nSPS) is 17.2. The quantitative estimate of drug-likeness (QED) is 0.550. The summed E-state index contributed by atoms with van der Waals surface area (Å²) in [6, 6.07) is 1.75. The molecule has 0 saturated heterocycles. The van der Waals surface area contributed by atoms with Crippen LogP contribution in [0.3, 0.4) is 0 Å². The maximum Gasteiger partial charge on any atom is 0.453 e. The molecular formula is C19H19F5N8O. The van der Waals surface area contributed by atoms with Crippen molar-refractivity contribution in [3.05, 3.63) is 59.7 Å². The van der Waals surface area contributed by atoms with Gasteiger partial charge in [-0.1, -0.05) is 6.07 Å². The SMILES string of the molecule is N[C@@H](CC(=O)N1CCn2nc(C(F)(F)F)nc2C1Cn1cncn1)Cc1ccc(F)c(F)c1. The topological polar surface area (TPSA) is 108 Å². The third kappa shape index (κ3) is 4.99. The molecule has 1 amide bonds. The lowest BCUT2D eigenvalue weighted by molar-refractivity contribution is -0.145. The lowest BCUT2D eigenvalue weighted by atomic mass is 10.0. The van der Waals surface area contributed by atoms with Crippen LogP contribution in [0.15, 0.2) is 30.9 Å². The molecule has 0 aliphatic carbocycles. The average molecular weight is 470 g/mol. The fourth-order valence-electron chi connectivity index (χ4n) is 3.75. The van der Waals surface area contributed by atoms with Gasteiger partial charge in [-0.25, -0.2) is 23.4 Å². The first-order chi connectivity index (χ1) is 15.6. The summed E-state index contributed by atoms with van der Waals surface area (Å²) < 4.78 is 68.5. The van der Waals surface area contributed by atoms with E-state index in [0.717, 1.165) is 16.8 Å². The number of carbonyl (C=O) groups is 1. The molecule has 0 fully saturated rings. The maximum absolute atomic E-state index is 13.4. The largest absolute Gasteiger partial charge is 0.453 e. The van der Waals surface area contributed by atoms with Gasteiger partial charge in [-0.2, -0.15) is 18.3 Å². The van der Waals surface area contributed by atoms with E-state index >= 15 is 0 Å². The van der Waals surface area contributed by atoms with Crippen LogP contribution in [0.2, 0.25) is 0 Å². The van der Waals surface area contributed by atoms with Crippen LogP contribution in [0.4, 0.5) is 22.0 Å². The maximum atomic E-state index is 13.4. The molecule has 0 bridgehead atoms. The van der Waals surface area contributed by atoms with Gasteiger partial charge in [-0.05, 0) is 24.1 Å². The second kappa shape index (κ2) is 8.84. The van der Waals surface area contributed by atoms with E-state index in [1.807, 2.05) is 0 Å². The van der Waals surface area contributed by atoms with E-state index in [2.05, 4.69) is 20.2 Å². The summed E-state index contributed by atoms with van der Waals surface area (Å²) in [5.74, 6) is -3.74. The highest BCUT2D eigenvalue weighted by molar-refractivity contribution is 5.77. The van der Waals surface area contributed by atoms with E-state index in [4.69, 9.17) is 5.73 Å². The van der Waals surface area contributed by atoms with Gasteiger partial charge in [0.2, 0.25) is 5.91 Å². The molecule has 1 aliphatic heterocycles. The van der Waals surface area contributed by atoms with E-state index in [9.17, 15) is 26.7 Å². The molecule has 3 heterocycles. The number of nitrogens with two attached hydrogens (primary N) is 1. The smallest absolute Gasteiger partial charge is 0.329 e. The van der Waals surface area contributed by atoms with Gasteiger partial charge in [0, 0.05) is 19.0 Å². The number of amides is 1. The first-order valence-corrected chi connectivity index (χ1v) is 9.95. The van der Waals surface area contributed by atoms with Crippen molar-refractivity contribution in [2.24, 2.45) is 5.73 Å². The summed E-state index contributed by atoms with van der Waals surface area (Å²) in [5, 5.41) is 7.50. The Hall–Kier alpha value is -3.42. The molecule has 0 spiro atoms. The van der Waals surface area contributed by atoms with Gasteiger partial charge < -0.3 is 10.6 Å². The number of nitrogens with zero attached hydrogens (tertiary/aromatic N) is 7. The van der Waals surface area contributed by atoms with Crippen LogP contribution < -0.4 is 5.73 Å². The second-order valence-electron chi connectivity index (χ2n) is 7.65. The van der Waals surface area contributed by atoms with Crippen molar-refractivity contribution in [2.45, 2.75) is 44.2 Å². The Bertz CT molecular complexity index is 1130. The summed E-state index contributed by atoms with van der Waals surface area (Å²) in [7, 11) is 0. The van der Waals surface area contributed by atoms with Crippen molar-refractivity contribution < 1.29 is 26.7 Å². The van der Waals surface area contributed by atoms with Gasteiger partial charge >= 0.3 is 6.18 Å². The number of rotatable bonds is 6. The molecule has 9 nitrogen and oxygen atoms in total. The molecule has 3 aromatic rings. The first kappa shape index (κ1) is 22.8. The molecule has 1 aromatic carbocycles. The molecular weight excluding hydrogens is 451 g/mol. The van der Waals surface area contributed by atoms with Gasteiger partial charge in [0.05, 0.1) is 13.1 Å². The number of alkyl halides is 3. The van der Waals surface area contributed by atoms with Crippen LogP contribution in [0.5, 0.6) is 0 Å². The number of hydrogen-bond donors (Lipinski definition) is 1. The Labute approximate surface area is 184 Å². The number of carbonyl (C=O) groups excluding carboxylic acids is 1. The minimum absolute atomic E-state index is 0.0140. The third-order valence-electron chi connectivity index (χ3n) is 5.25. The number of fused-ring (bicyclic) bond motifs is 1. The van der Waals surface area contributed by atoms with Crippen LogP contribution in [-0.2, 0) is 30.5 Å². The number of hydrogen-bond acceptors (Lipinski definition) is 6. The standard InChI is InChI=1S/C19H19F5N8O/c20-13-2-1-11(6-14(13)21)5-12(25)7-16(33)31-3-4-32-17(28-18(29-32)19(22,23)24)15(31)8-30-10-26-9-27-30/h1-2,6,9-10,12,15H,3-5,7-8,25H2/t12-,15?/m1/s1. The van der Waals surface area contributed by atoms with Crippen molar-refractivity contribution >= 4 is 5.91 Å². The Balaban J connectivity index is 1.53. The molecule has 0 saturated carbocycles. The van der Waals surface area contributed by atoms with Crippen LogP contribution >= 0.6 is 0 Å². The first-order valence-electron chi connectivity index (χ1n) is 9.95. The van der Waals surface area contributed by atoms with Gasteiger partial charge in [-0.15, -0.1) is 5.10 Å². The third-order valence-corrected chi connectivity index (χ3v) is 5.25. The lowest BCUT2D eigenvalue weighted by Gasteiger charge is -2.35. The Morgan fingerprint density at radius 1 is 1.21 bits per heavy atom. The molecule has 176 valence electrons. The fraction of sp³-hybridized carbons (Fsp3) is 0.421. The molecule has 1 aliphatic rings. The molecule has 0 radical (unpaired) electrons. The lowest BCUT2D eigenvalue weighted by Crippen LogP contribution is -2.46. The summed E-state index contributed by atoms with van der Waals surface area (Å²) in [4.78, 5) is 21.9. The summed E-state index contributed by atoms with van der Waals surface area (Å²) >= 11 is 0. The molecule has 14 heteroatoms. The van der Waals surface area contributed by atoms with Gasteiger partial charge in [0.25, 0.3) is 5.82 Å². The zero-order chi connectivity index (χ0) is 23.8. The van der Waals surface area contributed by atoms with Crippen molar-refractivity contribution in [1.29, 1.82) is 0 Å². The van der Waals surface area contributed by atoms with Crippen molar-refractivity contribution in [3.63, 3.8) is 0 Å². The molecule has 33 heavy (non-hydrogen) atoms. The van der Waals surface area contributed by atoms with E-state index in [1.165, 1.54) is 28.3 Å². The van der Waals surface area contributed by atoms with E-state index < -0.39 is 41.6 Å². The van der Waals surface area contributed by atoms with E-state index in [-0.39, 0.29) is 38.3 Å². The Morgan fingerprint density at radius 2 is 2.00 bits per heavy atom. The average Bonchev–Trinajstić information content (AvgIpc) is 3.40. The number of benzene rings is 1. The minimum Gasteiger partial charge on any atom is -0.329 e. The predicted octanol–water partition coefficient (Wildman–Crippen LogP) is 1.71. The van der Waals surface area contributed by atoms with Crippen LogP contribution in [0.25, 0.3) is 0 Å². The van der Waals surface area contributed by atoms with Gasteiger partial charge in [0.1, 0.15) is 18.7 Å². The van der Waals surface area contributed by atoms with Crippen molar-refractivity contribution in [1.82, 2.24) is 34.4 Å². The summed E-state index contributed by atoms with van der Waals surface area (Å²) in [6.45, 7) is 0.125. The highest BCUT2D eigenvalue weighted by Crippen LogP contribution is 2.32. The van der Waals surface area contributed by atoms with Gasteiger partial charge in [0.15, 0.2) is 17.5 Å². The van der Waals surface area contributed by atoms with Crippen LogP contribution in [0, 0.1) is 11.6 Å². The van der Waals surface area contributed by atoms with Crippen molar-refractivity contribution in [3.8, 4) is 0 Å².